The molecule has 0 aromatic carbocycles. The number of aliphatic carboxylic acids is 1. The Morgan fingerprint density at radius 1 is 1.46 bits per heavy atom. The van der Waals surface area contributed by atoms with Crippen LogP contribution in [0.2, 0.25) is 19.1 Å². The largest absolute Gasteiger partial charge is 0.481 e. The highest BCUT2D eigenvalue weighted by Gasteiger charge is 2.21. The molecular formula is C9H20O3Si. The summed E-state index contributed by atoms with van der Waals surface area (Å²) in [6.07, 6.45) is 2.49. The number of unbranched alkanes of at least 4 members (excludes halogenated alkanes) is 1. The summed E-state index contributed by atoms with van der Waals surface area (Å²) in [7, 11) is -1.55. The maximum Gasteiger partial charge on any atom is 0.305 e. The Labute approximate surface area is 81.2 Å². The topological polar surface area (TPSA) is 46.5 Å². The molecule has 0 spiro atoms. The van der Waals surface area contributed by atoms with Crippen LogP contribution in [0.25, 0.3) is 0 Å². The predicted molar refractivity (Wildman–Crippen MR) is 55.4 cm³/mol. The number of hydrogen-bond acceptors (Lipinski definition) is 2. The maximum absolute atomic E-state index is 10.2. The molecule has 3 nitrogen and oxygen atoms in total. The van der Waals surface area contributed by atoms with Gasteiger partial charge in [-0.05, 0) is 19.1 Å². The molecule has 0 heterocycles. The van der Waals surface area contributed by atoms with Crippen LogP contribution in [0.15, 0.2) is 0 Å². The lowest BCUT2D eigenvalue weighted by atomic mass is 10.4. The van der Waals surface area contributed by atoms with Crippen molar-refractivity contribution in [1.29, 1.82) is 0 Å². The van der Waals surface area contributed by atoms with Crippen LogP contribution in [0.5, 0.6) is 0 Å². The summed E-state index contributed by atoms with van der Waals surface area (Å²) in [6.45, 7) is 6.81. The zero-order valence-corrected chi connectivity index (χ0v) is 9.80. The second-order valence-corrected chi connectivity index (χ2v) is 8.16. The second-order valence-electron chi connectivity index (χ2n) is 3.86. The first-order valence-electron chi connectivity index (χ1n) is 4.83. The second kappa shape index (κ2) is 6.15. The van der Waals surface area contributed by atoms with Crippen molar-refractivity contribution in [2.45, 2.75) is 45.3 Å². The van der Waals surface area contributed by atoms with Crippen molar-refractivity contribution in [3.8, 4) is 0 Å². The van der Waals surface area contributed by atoms with E-state index in [4.69, 9.17) is 9.53 Å². The number of rotatable bonds is 7. The minimum atomic E-state index is -1.55. The van der Waals surface area contributed by atoms with E-state index in [-0.39, 0.29) is 6.42 Å². The Bertz CT molecular complexity index is 157. The lowest BCUT2D eigenvalue weighted by molar-refractivity contribution is -0.137. The number of carbonyl (C=O) groups is 1. The summed E-state index contributed by atoms with van der Waals surface area (Å²) in [5.41, 5.74) is 0. The molecule has 0 bridgehead atoms. The van der Waals surface area contributed by atoms with Crippen molar-refractivity contribution < 1.29 is 14.3 Å². The van der Waals surface area contributed by atoms with Crippen molar-refractivity contribution >= 4 is 14.3 Å². The summed E-state index contributed by atoms with van der Waals surface area (Å²) in [5, 5.41) is 8.42. The van der Waals surface area contributed by atoms with Gasteiger partial charge < -0.3 is 9.53 Å². The van der Waals surface area contributed by atoms with Crippen molar-refractivity contribution in [2.24, 2.45) is 0 Å². The number of hydrogen-bond donors (Lipinski definition) is 1. The van der Waals surface area contributed by atoms with Crippen LogP contribution in [0.4, 0.5) is 0 Å². The van der Waals surface area contributed by atoms with Crippen LogP contribution < -0.4 is 0 Å². The van der Waals surface area contributed by atoms with Crippen molar-refractivity contribution in [2.75, 3.05) is 6.61 Å². The van der Waals surface area contributed by atoms with Crippen molar-refractivity contribution in [3.05, 3.63) is 0 Å². The van der Waals surface area contributed by atoms with E-state index >= 15 is 0 Å². The molecule has 0 aliphatic carbocycles. The van der Waals surface area contributed by atoms with Gasteiger partial charge in [0, 0.05) is 6.61 Å². The number of carboxylic acids is 1. The fourth-order valence-corrected chi connectivity index (χ4v) is 3.09. The smallest absolute Gasteiger partial charge is 0.305 e. The van der Waals surface area contributed by atoms with Crippen LogP contribution in [-0.4, -0.2) is 26.0 Å². The summed E-state index contributed by atoms with van der Waals surface area (Å²) in [5.74, 6) is -0.778. The summed E-state index contributed by atoms with van der Waals surface area (Å²) in [4.78, 5) is 10.2. The third-order valence-electron chi connectivity index (χ3n) is 1.94. The van der Waals surface area contributed by atoms with E-state index in [1.807, 2.05) is 0 Å². The molecule has 1 N–H and O–H groups in total. The average molecular weight is 204 g/mol. The maximum atomic E-state index is 10.2. The van der Waals surface area contributed by atoms with Gasteiger partial charge in [-0.1, -0.05) is 19.8 Å². The zero-order valence-electron chi connectivity index (χ0n) is 8.80. The average Bonchev–Trinajstić information content (AvgIpc) is 2.00. The van der Waals surface area contributed by atoms with Gasteiger partial charge in [0.25, 0.3) is 0 Å². The molecule has 0 fully saturated rings. The molecule has 0 aliphatic heterocycles. The monoisotopic (exact) mass is 204 g/mol. The van der Waals surface area contributed by atoms with E-state index in [9.17, 15) is 4.79 Å². The fraction of sp³-hybridized carbons (Fsp3) is 0.889. The van der Waals surface area contributed by atoms with E-state index < -0.39 is 14.3 Å². The first kappa shape index (κ1) is 12.6. The Hall–Kier alpha value is -0.353. The molecule has 0 aromatic heterocycles. The van der Waals surface area contributed by atoms with Crippen LogP contribution in [0.1, 0.15) is 26.2 Å². The van der Waals surface area contributed by atoms with Gasteiger partial charge in [0.2, 0.25) is 0 Å². The molecule has 13 heavy (non-hydrogen) atoms. The molecular weight excluding hydrogens is 184 g/mol. The lowest BCUT2D eigenvalue weighted by Gasteiger charge is -2.21. The standard InChI is InChI=1S/C9H20O3Si/c1-4-5-8-13(2,3)12-7-6-9(10)11/h4-8H2,1-3H3,(H,10,11). The van der Waals surface area contributed by atoms with E-state index in [0.29, 0.717) is 6.61 Å². The molecule has 0 aromatic rings. The van der Waals surface area contributed by atoms with Crippen LogP contribution in [-0.2, 0) is 9.22 Å². The number of carboxylic acid groups (broad SMARTS) is 1. The van der Waals surface area contributed by atoms with Crippen LogP contribution >= 0.6 is 0 Å². The van der Waals surface area contributed by atoms with Gasteiger partial charge in [-0.15, -0.1) is 0 Å². The van der Waals surface area contributed by atoms with E-state index in [1.165, 1.54) is 12.8 Å². The van der Waals surface area contributed by atoms with Gasteiger partial charge in [-0.2, -0.15) is 0 Å². The Balaban J connectivity index is 3.56. The zero-order chi connectivity index (χ0) is 10.3. The lowest BCUT2D eigenvalue weighted by Crippen LogP contribution is -2.31. The van der Waals surface area contributed by atoms with E-state index in [0.717, 1.165) is 6.04 Å². The highest BCUT2D eigenvalue weighted by Crippen LogP contribution is 2.14. The molecule has 0 saturated carbocycles. The van der Waals surface area contributed by atoms with Crippen LogP contribution in [0.3, 0.4) is 0 Å². The first-order chi connectivity index (χ1) is 5.98. The Morgan fingerprint density at radius 3 is 2.54 bits per heavy atom. The fourth-order valence-electron chi connectivity index (χ4n) is 1.09. The molecule has 0 aliphatic rings. The van der Waals surface area contributed by atoms with Crippen LogP contribution in [0, 0.1) is 0 Å². The van der Waals surface area contributed by atoms with Crippen molar-refractivity contribution in [3.63, 3.8) is 0 Å². The molecule has 4 heteroatoms. The third-order valence-corrected chi connectivity index (χ3v) is 4.48. The minimum Gasteiger partial charge on any atom is -0.481 e. The highest BCUT2D eigenvalue weighted by molar-refractivity contribution is 6.71. The van der Waals surface area contributed by atoms with E-state index in [1.54, 1.807) is 0 Å². The van der Waals surface area contributed by atoms with Gasteiger partial charge in [0.05, 0.1) is 6.42 Å². The molecule has 0 atom stereocenters. The quantitative estimate of drug-likeness (QED) is 0.648. The minimum absolute atomic E-state index is 0.128. The Morgan fingerprint density at radius 2 is 2.08 bits per heavy atom. The Kier molecular flexibility index (Phi) is 5.99. The molecule has 0 saturated heterocycles. The normalized spacial score (nSPS) is 11.6. The van der Waals surface area contributed by atoms with Crippen molar-refractivity contribution in [1.82, 2.24) is 0 Å². The molecule has 0 radical (unpaired) electrons. The summed E-state index contributed by atoms with van der Waals surface area (Å²) < 4.78 is 5.60. The van der Waals surface area contributed by atoms with Gasteiger partial charge in [-0.25, -0.2) is 0 Å². The molecule has 0 amide bonds. The molecule has 78 valence electrons. The summed E-state index contributed by atoms with van der Waals surface area (Å²) >= 11 is 0. The first-order valence-corrected chi connectivity index (χ1v) is 7.95. The SMILES string of the molecule is CCCC[Si](C)(C)OCCC(=O)O. The van der Waals surface area contributed by atoms with E-state index in [2.05, 4.69) is 20.0 Å². The third kappa shape index (κ3) is 7.99. The van der Waals surface area contributed by atoms with Gasteiger partial charge in [0.1, 0.15) is 0 Å². The summed E-state index contributed by atoms with van der Waals surface area (Å²) in [6, 6.07) is 1.13. The highest BCUT2D eigenvalue weighted by atomic mass is 28.4. The van der Waals surface area contributed by atoms with Gasteiger partial charge >= 0.3 is 5.97 Å². The van der Waals surface area contributed by atoms with Gasteiger partial charge in [0.15, 0.2) is 8.32 Å². The van der Waals surface area contributed by atoms with Gasteiger partial charge in [-0.3, -0.25) is 4.79 Å². The predicted octanol–water partition coefficient (Wildman–Crippen LogP) is 2.48. The molecule has 0 unspecified atom stereocenters. The molecule has 0 rings (SSSR count).